The van der Waals surface area contributed by atoms with Crippen LogP contribution in [-0.2, 0) is 0 Å². The van der Waals surface area contributed by atoms with Crippen LogP contribution in [-0.4, -0.2) is 0 Å². The van der Waals surface area contributed by atoms with Crippen molar-refractivity contribution in [2.45, 2.75) is 6.04 Å². The van der Waals surface area contributed by atoms with Gasteiger partial charge in [0.25, 0.3) is 0 Å². The lowest BCUT2D eigenvalue weighted by atomic mass is 10.2. The van der Waals surface area contributed by atoms with Gasteiger partial charge in [-0.25, -0.2) is 0 Å². The Labute approximate surface area is 149 Å². The van der Waals surface area contributed by atoms with Gasteiger partial charge in [-0.2, -0.15) is 0 Å². The van der Waals surface area contributed by atoms with E-state index in [1.807, 2.05) is 30.3 Å². The van der Waals surface area contributed by atoms with Crippen LogP contribution in [0.5, 0.6) is 0 Å². The molecule has 1 N–H and O–H groups in total. The normalized spacial score (nSPS) is 12.3. The van der Waals surface area contributed by atoms with Gasteiger partial charge in [0.05, 0.1) is 21.1 Å². The summed E-state index contributed by atoms with van der Waals surface area (Å²) in [5.74, 6) is 0. The van der Waals surface area contributed by atoms with Crippen LogP contribution < -0.4 is 5.32 Å². The third-order valence-corrected chi connectivity index (χ3v) is 5.99. The molecule has 6 heteroatoms. The zero-order chi connectivity index (χ0) is 14.8. The second kappa shape index (κ2) is 6.71. The van der Waals surface area contributed by atoms with Crippen molar-refractivity contribution in [2.24, 2.45) is 0 Å². The highest BCUT2D eigenvalue weighted by molar-refractivity contribution is 9.10. The number of thiophene rings is 2. The Morgan fingerprint density at radius 3 is 2.57 bits per heavy atom. The molecule has 2 heterocycles. The lowest BCUT2D eigenvalue weighted by Gasteiger charge is -2.18. The van der Waals surface area contributed by atoms with Crippen molar-refractivity contribution in [3.05, 3.63) is 71.4 Å². The summed E-state index contributed by atoms with van der Waals surface area (Å²) in [6, 6.07) is 14.0. The lowest BCUT2D eigenvalue weighted by Crippen LogP contribution is -2.09. The molecule has 0 bridgehead atoms. The molecule has 0 fully saturated rings. The quantitative estimate of drug-likeness (QED) is 0.477. The predicted molar refractivity (Wildman–Crippen MR) is 98.3 cm³/mol. The summed E-state index contributed by atoms with van der Waals surface area (Å²) in [6.45, 7) is 0. The first kappa shape index (κ1) is 15.4. The molecule has 2 aromatic heterocycles. The Kier molecular flexibility index (Phi) is 4.92. The SMILES string of the molecule is Clc1ccc(C(Nc2cc(Br)ccc2Cl)c2cccs2)s1. The molecule has 108 valence electrons. The molecule has 3 rings (SSSR count). The van der Waals surface area contributed by atoms with Crippen molar-refractivity contribution in [1.82, 2.24) is 0 Å². The minimum atomic E-state index is 0.0503. The molecule has 0 aliphatic rings. The van der Waals surface area contributed by atoms with Crippen molar-refractivity contribution in [2.75, 3.05) is 5.32 Å². The van der Waals surface area contributed by atoms with E-state index in [0.717, 1.165) is 14.5 Å². The fraction of sp³-hybridized carbons (Fsp3) is 0.0667. The monoisotopic (exact) mass is 417 g/mol. The average Bonchev–Trinajstić information content (AvgIpc) is 3.11. The van der Waals surface area contributed by atoms with Gasteiger partial charge in [-0.1, -0.05) is 45.2 Å². The van der Waals surface area contributed by atoms with Gasteiger partial charge >= 0.3 is 0 Å². The fourth-order valence-corrected chi connectivity index (χ4v) is 4.52. The Morgan fingerprint density at radius 1 is 1.05 bits per heavy atom. The first-order valence-electron chi connectivity index (χ1n) is 6.14. The number of anilines is 1. The lowest BCUT2D eigenvalue weighted by molar-refractivity contribution is 0.993. The molecular formula is C15H10BrCl2NS2. The van der Waals surface area contributed by atoms with Crippen molar-refractivity contribution < 1.29 is 0 Å². The third-order valence-electron chi connectivity index (χ3n) is 2.93. The molecule has 1 atom stereocenters. The van der Waals surface area contributed by atoms with E-state index in [-0.39, 0.29) is 6.04 Å². The van der Waals surface area contributed by atoms with Crippen LogP contribution in [0.1, 0.15) is 15.8 Å². The molecule has 0 aliphatic heterocycles. The first-order chi connectivity index (χ1) is 10.1. The highest BCUT2D eigenvalue weighted by atomic mass is 79.9. The van der Waals surface area contributed by atoms with E-state index in [4.69, 9.17) is 23.2 Å². The molecule has 0 saturated carbocycles. The molecule has 1 unspecified atom stereocenters. The van der Waals surface area contributed by atoms with E-state index in [1.54, 1.807) is 22.7 Å². The molecule has 0 radical (unpaired) electrons. The van der Waals surface area contributed by atoms with Crippen LogP contribution in [0.4, 0.5) is 5.69 Å². The average molecular weight is 419 g/mol. The summed E-state index contributed by atoms with van der Waals surface area (Å²) in [4.78, 5) is 2.39. The second-order valence-electron chi connectivity index (χ2n) is 4.36. The molecular weight excluding hydrogens is 409 g/mol. The minimum Gasteiger partial charge on any atom is -0.371 e. The van der Waals surface area contributed by atoms with E-state index < -0.39 is 0 Å². The summed E-state index contributed by atoms with van der Waals surface area (Å²) >= 11 is 19.1. The van der Waals surface area contributed by atoms with E-state index in [2.05, 4.69) is 38.8 Å². The van der Waals surface area contributed by atoms with E-state index in [9.17, 15) is 0 Å². The molecule has 0 amide bonds. The van der Waals surface area contributed by atoms with Crippen LogP contribution in [0, 0.1) is 0 Å². The highest BCUT2D eigenvalue weighted by Gasteiger charge is 2.18. The number of rotatable bonds is 4. The molecule has 3 aromatic rings. The van der Waals surface area contributed by atoms with E-state index in [1.165, 1.54) is 9.75 Å². The molecule has 0 spiro atoms. The summed E-state index contributed by atoms with van der Waals surface area (Å²) < 4.78 is 1.78. The molecule has 21 heavy (non-hydrogen) atoms. The van der Waals surface area contributed by atoms with Gasteiger partial charge in [0.15, 0.2) is 0 Å². The van der Waals surface area contributed by atoms with Crippen LogP contribution >= 0.6 is 61.8 Å². The Balaban J connectivity index is 1.98. The van der Waals surface area contributed by atoms with Gasteiger partial charge < -0.3 is 5.32 Å². The minimum absolute atomic E-state index is 0.0503. The van der Waals surface area contributed by atoms with E-state index >= 15 is 0 Å². The van der Waals surface area contributed by atoms with Gasteiger partial charge in [0.1, 0.15) is 0 Å². The maximum absolute atomic E-state index is 6.29. The maximum Gasteiger partial charge on any atom is 0.0954 e. The number of benzene rings is 1. The zero-order valence-corrected chi connectivity index (χ0v) is 15.4. The fourth-order valence-electron chi connectivity index (χ4n) is 1.99. The highest BCUT2D eigenvalue weighted by Crippen LogP contribution is 2.37. The van der Waals surface area contributed by atoms with Crippen molar-refractivity contribution in [3.8, 4) is 0 Å². The summed E-state index contributed by atoms with van der Waals surface area (Å²) in [5.41, 5.74) is 0.897. The number of halogens is 3. The summed E-state index contributed by atoms with van der Waals surface area (Å²) in [7, 11) is 0. The number of hydrogen-bond donors (Lipinski definition) is 1. The summed E-state index contributed by atoms with van der Waals surface area (Å²) in [5, 5.41) is 6.29. The second-order valence-corrected chi connectivity index (χ2v) is 8.41. The smallest absolute Gasteiger partial charge is 0.0954 e. The Morgan fingerprint density at radius 2 is 1.90 bits per heavy atom. The number of nitrogens with one attached hydrogen (secondary N) is 1. The van der Waals surface area contributed by atoms with Crippen LogP contribution in [0.15, 0.2) is 52.3 Å². The van der Waals surface area contributed by atoms with E-state index in [0.29, 0.717) is 5.02 Å². The van der Waals surface area contributed by atoms with Crippen molar-refractivity contribution in [1.29, 1.82) is 0 Å². The molecule has 0 aliphatic carbocycles. The molecule has 1 aromatic carbocycles. The van der Waals surface area contributed by atoms with Gasteiger partial charge in [0.2, 0.25) is 0 Å². The van der Waals surface area contributed by atoms with Gasteiger partial charge in [-0.3, -0.25) is 0 Å². The number of hydrogen-bond acceptors (Lipinski definition) is 3. The zero-order valence-electron chi connectivity index (χ0n) is 10.6. The maximum atomic E-state index is 6.29. The van der Waals surface area contributed by atoms with Gasteiger partial charge in [0, 0.05) is 14.2 Å². The topological polar surface area (TPSA) is 12.0 Å². The molecule has 0 saturated heterocycles. The van der Waals surface area contributed by atoms with Crippen LogP contribution in [0.3, 0.4) is 0 Å². The summed E-state index contributed by atoms with van der Waals surface area (Å²) in [6.07, 6.45) is 0. The van der Waals surface area contributed by atoms with Gasteiger partial charge in [-0.05, 0) is 41.8 Å². The van der Waals surface area contributed by atoms with Crippen molar-refractivity contribution >= 4 is 67.5 Å². The third kappa shape index (κ3) is 3.63. The predicted octanol–water partition coefficient (Wildman–Crippen LogP) is 7.08. The largest absolute Gasteiger partial charge is 0.371 e. The Hall–Kier alpha value is -0.520. The Bertz CT molecular complexity index is 740. The molecule has 1 nitrogen and oxygen atoms in total. The van der Waals surface area contributed by atoms with Crippen molar-refractivity contribution in [3.63, 3.8) is 0 Å². The van der Waals surface area contributed by atoms with Crippen LogP contribution in [0.25, 0.3) is 0 Å². The first-order valence-corrected chi connectivity index (χ1v) is 9.38. The van der Waals surface area contributed by atoms with Gasteiger partial charge in [-0.15, -0.1) is 22.7 Å². The van der Waals surface area contributed by atoms with Crippen LogP contribution in [0.2, 0.25) is 9.36 Å². The standard InChI is InChI=1S/C15H10BrCl2NS2/c16-9-3-4-10(17)11(8-9)19-15(12-2-1-7-20-12)13-5-6-14(18)21-13/h1-8,15,19H.